The summed E-state index contributed by atoms with van der Waals surface area (Å²) >= 11 is 12.1. The first-order valence-electron chi connectivity index (χ1n) is 18.3. The number of anilines is 1. The van der Waals surface area contributed by atoms with Gasteiger partial charge in [0.15, 0.2) is 0 Å². The van der Waals surface area contributed by atoms with Crippen LogP contribution in [-0.4, -0.2) is 64.9 Å². The molecule has 58 heavy (non-hydrogen) atoms. The molecule has 5 aromatic carbocycles. The zero-order valence-electron chi connectivity index (χ0n) is 31.4. The van der Waals surface area contributed by atoms with Crippen LogP contribution in [0.2, 0.25) is 10.0 Å². The van der Waals surface area contributed by atoms with Gasteiger partial charge in [-0.2, -0.15) is 5.26 Å². The molecule has 4 amide bonds. The third kappa shape index (κ3) is 8.71. The zero-order chi connectivity index (χ0) is 41.1. The summed E-state index contributed by atoms with van der Waals surface area (Å²) in [6.45, 7) is 0.307. The lowest BCUT2D eigenvalue weighted by Gasteiger charge is -2.38. The lowest BCUT2D eigenvalue weighted by atomic mass is 9.91. The molecule has 0 radical (unpaired) electrons. The number of halogens is 2. The molecule has 0 aliphatic carbocycles. The van der Waals surface area contributed by atoms with E-state index >= 15 is 0 Å². The number of carboxylic acids is 1. The van der Waals surface area contributed by atoms with E-state index in [1.807, 2.05) is 30.3 Å². The first kappa shape index (κ1) is 39.7. The van der Waals surface area contributed by atoms with Gasteiger partial charge < -0.3 is 35.0 Å². The topological polar surface area (TPSA) is 161 Å². The summed E-state index contributed by atoms with van der Waals surface area (Å²) in [6, 6.07) is 29.5. The minimum absolute atomic E-state index is 0.00613. The number of hydrogen-bond donors (Lipinski definition) is 3. The summed E-state index contributed by atoms with van der Waals surface area (Å²) in [5, 5.41) is 25.7. The van der Waals surface area contributed by atoms with Crippen molar-refractivity contribution in [1.82, 2.24) is 15.1 Å². The number of nitrogens with one attached hydrogen (secondary N) is 2. The fourth-order valence-electron chi connectivity index (χ4n) is 6.91. The highest BCUT2D eigenvalue weighted by Gasteiger charge is 2.39. The smallest absolute Gasteiger partial charge is 0.326 e. The Labute approximate surface area is 344 Å². The van der Waals surface area contributed by atoms with E-state index in [2.05, 4.69) is 16.7 Å². The van der Waals surface area contributed by atoms with E-state index in [0.717, 1.165) is 22.3 Å². The van der Waals surface area contributed by atoms with Crippen LogP contribution in [0.15, 0.2) is 103 Å². The maximum Gasteiger partial charge on any atom is 0.326 e. The monoisotopic (exact) mass is 817 g/mol. The number of hydrogen-bond acceptors (Lipinski definition) is 7. The maximum atomic E-state index is 13.9. The van der Waals surface area contributed by atoms with Crippen molar-refractivity contribution >= 4 is 52.7 Å². The summed E-state index contributed by atoms with van der Waals surface area (Å²) in [5.74, 6) is -1.25. The molecule has 2 aliphatic rings. The number of benzene rings is 5. The number of carboxylic acid groups (broad SMARTS) is 1. The van der Waals surface area contributed by atoms with Crippen LogP contribution in [0.4, 0.5) is 10.5 Å². The summed E-state index contributed by atoms with van der Waals surface area (Å²) in [6.07, 6.45) is -0.883. The molecule has 0 saturated carbocycles. The van der Waals surface area contributed by atoms with E-state index in [0.29, 0.717) is 49.5 Å². The van der Waals surface area contributed by atoms with Crippen molar-refractivity contribution in [2.24, 2.45) is 0 Å². The Bertz CT molecular complexity index is 2430. The summed E-state index contributed by atoms with van der Waals surface area (Å²) in [4.78, 5) is 56.0. The van der Waals surface area contributed by atoms with Gasteiger partial charge in [-0.05, 0) is 81.9 Å². The highest BCUT2D eigenvalue weighted by molar-refractivity contribution is 6.42. The number of nitrogens with zero attached hydrogens (tertiary/aromatic N) is 3. The summed E-state index contributed by atoms with van der Waals surface area (Å²) in [7, 11) is 3.16. The molecule has 0 saturated heterocycles. The van der Waals surface area contributed by atoms with Gasteiger partial charge in [-0.1, -0.05) is 77.8 Å². The van der Waals surface area contributed by atoms with Gasteiger partial charge in [0, 0.05) is 39.0 Å². The number of amides is 4. The van der Waals surface area contributed by atoms with Crippen LogP contribution in [0, 0.1) is 11.3 Å². The molecule has 2 unspecified atom stereocenters. The Kier molecular flexibility index (Phi) is 11.6. The molecule has 14 heteroatoms. The van der Waals surface area contributed by atoms with Crippen LogP contribution in [0.5, 0.6) is 11.5 Å². The number of urea groups is 1. The highest BCUT2D eigenvalue weighted by atomic mass is 35.5. The molecule has 7 rings (SSSR count). The first-order valence-corrected chi connectivity index (χ1v) is 19.0. The minimum atomic E-state index is -1.28. The van der Waals surface area contributed by atoms with Crippen molar-refractivity contribution in [3.63, 3.8) is 0 Å². The van der Waals surface area contributed by atoms with Crippen molar-refractivity contribution in [3.8, 4) is 28.7 Å². The SMILES string of the molecule is CN(C)C(=O)N1Cc2cc3c(cc2CC1C(=O)N[C@@H](Cc1ccc(-c2ccc(C#N)cc2)cc1)C(=O)O)NC(=O)C(c1ccc(OCc2ccc(Cl)c(Cl)c2)cc1)O3. The number of rotatable bonds is 10. The number of fused-ring (bicyclic) bond motifs is 2. The van der Waals surface area contributed by atoms with Crippen molar-refractivity contribution in [3.05, 3.63) is 147 Å². The van der Waals surface area contributed by atoms with Crippen LogP contribution < -0.4 is 20.1 Å². The summed E-state index contributed by atoms with van der Waals surface area (Å²) < 4.78 is 12.1. The van der Waals surface area contributed by atoms with Crippen molar-refractivity contribution < 1.29 is 33.8 Å². The fraction of sp³-hybridized carbons (Fsp3) is 0.205. The van der Waals surface area contributed by atoms with Crippen LogP contribution in [-0.2, 0) is 40.4 Å². The van der Waals surface area contributed by atoms with E-state index in [9.17, 15) is 24.3 Å². The van der Waals surface area contributed by atoms with Crippen LogP contribution in [0.1, 0.15) is 39.5 Å². The number of ether oxygens (including phenoxy) is 2. The van der Waals surface area contributed by atoms with Crippen LogP contribution >= 0.6 is 23.2 Å². The molecule has 5 aromatic rings. The molecule has 3 N–H and O–H groups in total. The normalized spacial score (nSPS) is 16.1. The highest BCUT2D eigenvalue weighted by Crippen LogP contribution is 2.40. The van der Waals surface area contributed by atoms with Gasteiger partial charge in [-0.25, -0.2) is 9.59 Å². The fourth-order valence-corrected chi connectivity index (χ4v) is 7.23. The predicted octanol–water partition coefficient (Wildman–Crippen LogP) is 7.40. The van der Waals surface area contributed by atoms with Gasteiger partial charge in [0.2, 0.25) is 12.0 Å². The summed E-state index contributed by atoms with van der Waals surface area (Å²) in [5.41, 5.74) is 6.30. The van der Waals surface area contributed by atoms with E-state index < -0.39 is 36.1 Å². The van der Waals surface area contributed by atoms with Crippen molar-refractivity contribution in [1.29, 1.82) is 5.26 Å². The second-order valence-electron chi connectivity index (χ2n) is 14.2. The van der Waals surface area contributed by atoms with E-state index in [-0.39, 0.29) is 31.9 Å². The standard InChI is InChI=1S/C44H37Cl2N5O7/c1-50(2)44(56)51-23-32-21-39-36(48-42(53)40(58-39)30-12-14-33(15-13-30)57-24-27-7-16-34(45)35(46)17-27)19-31(32)20-38(51)41(52)49-37(43(54)55)18-25-3-8-28(9-4-25)29-10-5-26(22-47)6-11-29/h3-17,19,21,37-38,40H,18,20,23-24H2,1-2H3,(H,48,53)(H,49,52)(H,54,55)/t37-,38?,40?/m0/s1. The molecule has 12 nitrogen and oxygen atoms in total. The van der Waals surface area contributed by atoms with Gasteiger partial charge in [-0.15, -0.1) is 0 Å². The largest absolute Gasteiger partial charge is 0.489 e. The van der Waals surface area contributed by atoms with Gasteiger partial charge in [-0.3, -0.25) is 9.59 Å². The Hall–Kier alpha value is -6.55. The number of carbonyl (C=O) groups excluding carboxylic acids is 3. The van der Waals surface area contributed by atoms with Crippen LogP contribution in [0.3, 0.4) is 0 Å². The van der Waals surface area contributed by atoms with E-state index in [1.165, 1.54) is 9.80 Å². The Morgan fingerprint density at radius 3 is 2.24 bits per heavy atom. The molecule has 294 valence electrons. The van der Waals surface area contributed by atoms with Gasteiger partial charge >= 0.3 is 12.0 Å². The second kappa shape index (κ2) is 16.9. The number of aliphatic carboxylic acids is 1. The Morgan fingerprint density at radius 1 is 0.931 bits per heavy atom. The van der Waals surface area contributed by atoms with E-state index in [4.69, 9.17) is 37.9 Å². The Morgan fingerprint density at radius 2 is 1.60 bits per heavy atom. The van der Waals surface area contributed by atoms with E-state index in [1.54, 1.807) is 86.9 Å². The molecule has 2 heterocycles. The first-order chi connectivity index (χ1) is 27.9. The van der Waals surface area contributed by atoms with Gasteiger partial charge in [0.25, 0.3) is 5.91 Å². The van der Waals surface area contributed by atoms with Gasteiger partial charge in [0.1, 0.15) is 30.2 Å². The molecule has 0 aromatic heterocycles. The minimum Gasteiger partial charge on any atom is -0.489 e. The molecule has 0 bridgehead atoms. The zero-order valence-corrected chi connectivity index (χ0v) is 32.9. The quantitative estimate of drug-likeness (QED) is 0.131. The van der Waals surface area contributed by atoms with Crippen LogP contribution in [0.25, 0.3) is 11.1 Å². The lowest BCUT2D eigenvalue weighted by molar-refractivity contribution is -0.142. The number of carbonyl (C=O) groups is 4. The number of nitriles is 1. The predicted molar refractivity (Wildman–Crippen MR) is 218 cm³/mol. The van der Waals surface area contributed by atoms with Crippen molar-refractivity contribution in [2.75, 3.05) is 19.4 Å². The lowest BCUT2D eigenvalue weighted by Crippen LogP contribution is -2.57. The average Bonchev–Trinajstić information content (AvgIpc) is 3.22. The second-order valence-corrected chi connectivity index (χ2v) is 15.0. The average molecular weight is 819 g/mol. The molecule has 2 aliphatic heterocycles. The molecule has 3 atom stereocenters. The van der Waals surface area contributed by atoms with Crippen molar-refractivity contribution in [2.45, 2.75) is 44.2 Å². The third-order valence-electron chi connectivity index (χ3n) is 10.0. The maximum absolute atomic E-state index is 13.9. The molecular weight excluding hydrogens is 781 g/mol. The molecule has 0 fully saturated rings. The molecular formula is C44H37Cl2N5O7. The molecule has 0 spiro atoms. The Balaban J connectivity index is 1.04. The van der Waals surface area contributed by atoms with Gasteiger partial charge in [0.05, 0.1) is 27.4 Å². The third-order valence-corrected chi connectivity index (χ3v) is 10.8.